The number of rotatable bonds is 5. The first kappa shape index (κ1) is 18.4. The fourth-order valence-electron chi connectivity index (χ4n) is 3.13. The van der Waals surface area contributed by atoms with E-state index >= 15 is 0 Å². The standard InChI is InChI=1S/C19H21FN2O3S/c1-13(11-14-3-5-16(20)6-4-14)19(23)21-17-7-8-18-15(12-17)9-10-22(18)26(2,24)25/h3-8,12-13H,9-11H2,1-2H3,(H,21,23). The molecule has 1 N–H and O–H groups in total. The maximum Gasteiger partial charge on any atom is 0.232 e. The average molecular weight is 376 g/mol. The maximum absolute atomic E-state index is 13.0. The number of anilines is 2. The summed E-state index contributed by atoms with van der Waals surface area (Å²) < 4.78 is 37.9. The van der Waals surface area contributed by atoms with Crippen LogP contribution in [0.15, 0.2) is 42.5 Å². The smallest absolute Gasteiger partial charge is 0.232 e. The van der Waals surface area contributed by atoms with Crippen LogP contribution in [0.5, 0.6) is 0 Å². The number of halogens is 1. The van der Waals surface area contributed by atoms with Gasteiger partial charge in [0.2, 0.25) is 15.9 Å². The summed E-state index contributed by atoms with van der Waals surface area (Å²) in [5.41, 5.74) is 3.12. The van der Waals surface area contributed by atoms with Gasteiger partial charge in [-0.05, 0) is 54.3 Å². The van der Waals surface area contributed by atoms with Crippen molar-refractivity contribution in [2.24, 2.45) is 5.92 Å². The Kier molecular flexibility index (Phi) is 5.00. The summed E-state index contributed by atoms with van der Waals surface area (Å²) in [7, 11) is -3.28. The Hall–Kier alpha value is -2.41. The van der Waals surface area contributed by atoms with Gasteiger partial charge in [-0.25, -0.2) is 12.8 Å². The van der Waals surface area contributed by atoms with E-state index in [-0.39, 0.29) is 17.6 Å². The molecule has 138 valence electrons. The second-order valence-corrected chi connectivity index (χ2v) is 8.56. The van der Waals surface area contributed by atoms with Crippen LogP contribution in [-0.2, 0) is 27.7 Å². The molecule has 1 aliphatic rings. The predicted molar refractivity (Wildman–Crippen MR) is 100 cm³/mol. The van der Waals surface area contributed by atoms with Gasteiger partial charge in [0.05, 0.1) is 11.9 Å². The minimum absolute atomic E-state index is 0.132. The van der Waals surface area contributed by atoms with E-state index in [2.05, 4.69) is 5.32 Å². The van der Waals surface area contributed by atoms with E-state index in [1.165, 1.54) is 22.7 Å². The summed E-state index contributed by atoms with van der Waals surface area (Å²) in [6.45, 7) is 2.24. The first-order chi connectivity index (χ1) is 12.2. The molecule has 1 amide bonds. The molecule has 7 heteroatoms. The highest BCUT2D eigenvalue weighted by Gasteiger charge is 2.26. The molecule has 2 aromatic rings. The molecule has 5 nitrogen and oxygen atoms in total. The van der Waals surface area contributed by atoms with Crippen molar-refractivity contribution in [2.75, 3.05) is 22.4 Å². The third-order valence-electron chi connectivity index (χ3n) is 4.50. The Labute approximate surface area is 152 Å². The van der Waals surface area contributed by atoms with E-state index in [0.29, 0.717) is 30.8 Å². The zero-order valence-corrected chi connectivity index (χ0v) is 15.5. The minimum Gasteiger partial charge on any atom is -0.326 e. The van der Waals surface area contributed by atoms with Gasteiger partial charge in [-0.3, -0.25) is 9.10 Å². The number of sulfonamides is 1. The molecule has 3 rings (SSSR count). The monoisotopic (exact) mass is 376 g/mol. The van der Waals surface area contributed by atoms with Crippen molar-refractivity contribution in [2.45, 2.75) is 19.8 Å². The number of nitrogens with zero attached hydrogens (tertiary/aromatic N) is 1. The van der Waals surface area contributed by atoms with Gasteiger partial charge in [-0.15, -0.1) is 0 Å². The average Bonchev–Trinajstić information content (AvgIpc) is 3.00. The van der Waals surface area contributed by atoms with Crippen molar-refractivity contribution in [3.05, 3.63) is 59.4 Å². The second-order valence-electron chi connectivity index (χ2n) is 6.65. The third kappa shape index (κ3) is 4.04. The number of hydrogen-bond donors (Lipinski definition) is 1. The number of amides is 1. The molecule has 2 aromatic carbocycles. The van der Waals surface area contributed by atoms with Gasteiger partial charge in [0.25, 0.3) is 0 Å². The van der Waals surface area contributed by atoms with Gasteiger partial charge in [0.1, 0.15) is 5.82 Å². The quantitative estimate of drug-likeness (QED) is 0.872. The first-order valence-corrected chi connectivity index (χ1v) is 10.2. The van der Waals surface area contributed by atoms with Crippen LogP contribution in [0, 0.1) is 11.7 Å². The van der Waals surface area contributed by atoms with Crippen LogP contribution in [0.2, 0.25) is 0 Å². The molecule has 0 radical (unpaired) electrons. The van der Waals surface area contributed by atoms with Crippen LogP contribution >= 0.6 is 0 Å². The van der Waals surface area contributed by atoms with Crippen LogP contribution < -0.4 is 9.62 Å². The fourth-order valence-corrected chi connectivity index (χ4v) is 4.08. The third-order valence-corrected chi connectivity index (χ3v) is 5.68. The lowest BCUT2D eigenvalue weighted by Crippen LogP contribution is -2.27. The Bertz CT molecular complexity index is 926. The lowest BCUT2D eigenvalue weighted by molar-refractivity contribution is -0.119. The Morgan fingerprint density at radius 1 is 1.23 bits per heavy atom. The van der Waals surface area contributed by atoms with E-state index in [4.69, 9.17) is 0 Å². The maximum atomic E-state index is 13.0. The van der Waals surface area contributed by atoms with Crippen LogP contribution in [-0.4, -0.2) is 27.1 Å². The predicted octanol–water partition coefficient (Wildman–Crippen LogP) is 2.97. The highest BCUT2D eigenvalue weighted by Crippen LogP contribution is 2.32. The lowest BCUT2D eigenvalue weighted by atomic mass is 10.00. The summed E-state index contributed by atoms with van der Waals surface area (Å²) in [5.74, 6) is -0.708. The number of hydrogen-bond acceptors (Lipinski definition) is 3. The lowest BCUT2D eigenvalue weighted by Gasteiger charge is -2.17. The topological polar surface area (TPSA) is 66.5 Å². The van der Waals surface area contributed by atoms with Crippen molar-refractivity contribution in [3.8, 4) is 0 Å². The van der Waals surface area contributed by atoms with Crippen LogP contribution in [0.1, 0.15) is 18.1 Å². The van der Waals surface area contributed by atoms with E-state index in [1.807, 2.05) is 13.0 Å². The van der Waals surface area contributed by atoms with Crippen molar-refractivity contribution in [1.29, 1.82) is 0 Å². The van der Waals surface area contributed by atoms with Crippen LogP contribution in [0.25, 0.3) is 0 Å². The van der Waals surface area contributed by atoms with E-state index in [1.54, 1.807) is 24.3 Å². The minimum atomic E-state index is -3.28. The molecule has 0 aliphatic carbocycles. The summed E-state index contributed by atoms with van der Waals surface area (Å²) >= 11 is 0. The second kappa shape index (κ2) is 7.07. The van der Waals surface area contributed by atoms with Crippen molar-refractivity contribution in [3.63, 3.8) is 0 Å². The molecule has 1 heterocycles. The van der Waals surface area contributed by atoms with Gasteiger partial charge < -0.3 is 5.32 Å². The molecule has 0 fully saturated rings. The van der Waals surface area contributed by atoms with Crippen LogP contribution in [0.4, 0.5) is 15.8 Å². The van der Waals surface area contributed by atoms with E-state index < -0.39 is 10.0 Å². The highest BCUT2D eigenvalue weighted by atomic mass is 32.2. The van der Waals surface area contributed by atoms with E-state index in [9.17, 15) is 17.6 Å². The van der Waals surface area contributed by atoms with Crippen molar-refractivity contribution >= 4 is 27.3 Å². The number of carbonyl (C=O) groups is 1. The zero-order valence-electron chi connectivity index (χ0n) is 14.7. The van der Waals surface area contributed by atoms with E-state index in [0.717, 1.165) is 11.1 Å². The highest BCUT2D eigenvalue weighted by molar-refractivity contribution is 7.92. The largest absolute Gasteiger partial charge is 0.326 e. The van der Waals surface area contributed by atoms with Gasteiger partial charge >= 0.3 is 0 Å². The molecule has 26 heavy (non-hydrogen) atoms. The van der Waals surface area contributed by atoms with Gasteiger partial charge in [-0.2, -0.15) is 0 Å². The number of carbonyl (C=O) groups excluding carboxylic acids is 1. The first-order valence-electron chi connectivity index (χ1n) is 8.40. The molecular formula is C19H21FN2O3S. The number of benzene rings is 2. The molecule has 1 unspecified atom stereocenters. The Morgan fingerprint density at radius 2 is 1.92 bits per heavy atom. The van der Waals surface area contributed by atoms with Crippen LogP contribution in [0.3, 0.4) is 0 Å². The van der Waals surface area contributed by atoms with Gasteiger partial charge in [0.15, 0.2) is 0 Å². The van der Waals surface area contributed by atoms with Gasteiger partial charge in [-0.1, -0.05) is 19.1 Å². The molecular weight excluding hydrogens is 355 g/mol. The zero-order chi connectivity index (χ0) is 18.9. The molecule has 0 aromatic heterocycles. The Morgan fingerprint density at radius 3 is 2.58 bits per heavy atom. The summed E-state index contributed by atoms with van der Waals surface area (Å²) in [6.07, 6.45) is 2.32. The molecule has 0 saturated carbocycles. The van der Waals surface area contributed by atoms with Crippen molar-refractivity contribution in [1.82, 2.24) is 0 Å². The molecule has 1 atom stereocenters. The van der Waals surface area contributed by atoms with Gasteiger partial charge in [0, 0.05) is 18.2 Å². The number of nitrogens with one attached hydrogen (secondary N) is 1. The fraction of sp³-hybridized carbons (Fsp3) is 0.316. The normalized spacial score (nSPS) is 14.8. The summed E-state index contributed by atoms with van der Waals surface area (Å²) in [4.78, 5) is 12.4. The van der Waals surface area contributed by atoms with Crippen molar-refractivity contribution < 1.29 is 17.6 Å². The molecule has 0 bridgehead atoms. The molecule has 0 spiro atoms. The number of fused-ring (bicyclic) bond motifs is 1. The summed E-state index contributed by atoms with van der Waals surface area (Å²) in [5, 5.41) is 2.88. The Balaban J connectivity index is 1.67. The molecule has 0 saturated heterocycles. The molecule has 1 aliphatic heterocycles. The summed E-state index contributed by atoms with van der Waals surface area (Å²) in [6, 6.07) is 11.4. The SMILES string of the molecule is CC(Cc1ccc(F)cc1)C(=O)Nc1ccc2c(c1)CCN2S(C)(=O)=O.